The molecule has 26 heavy (non-hydrogen) atoms. The van der Waals surface area contributed by atoms with Crippen LogP contribution >= 0.6 is 11.6 Å². The second kappa shape index (κ2) is 9.20. The van der Waals surface area contributed by atoms with Gasteiger partial charge in [0.05, 0.1) is 6.07 Å². The summed E-state index contributed by atoms with van der Waals surface area (Å²) in [6.07, 6.45) is 1.04. The van der Waals surface area contributed by atoms with Crippen molar-refractivity contribution in [2.75, 3.05) is 0 Å². The molecule has 1 heterocycles. The number of rotatable bonds is 4. The Bertz CT molecular complexity index is 1020. The van der Waals surface area contributed by atoms with E-state index in [2.05, 4.69) is 10.1 Å². The van der Waals surface area contributed by atoms with Crippen LogP contribution in [0.1, 0.15) is 12.5 Å². The van der Waals surface area contributed by atoms with Crippen LogP contribution in [-0.4, -0.2) is 14.8 Å². The minimum Gasteiger partial charge on any atom is -0.487 e. The molecule has 0 amide bonds. The van der Waals surface area contributed by atoms with Gasteiger partial charge in [-0.05, 0) is 29.8 Å². The Labute approximate surface area is 154 Å². The molecule has 0 unspecified atom stereocenters. The normalized spacial score (nSPS) is 9.58. The van der Waals surface area contributed by atoms with Gasteiger partial charge >= 0.3 is 5.69 Å². The number of nitrogens with one attached hydrogen (secondary N) is 1. The summed E-state index contributed by atoms with van der Waals surface area (Å²) in [5.74, 6) is 0.476. The van der Waals surface area contributed by atoms with Crippen LogP contribution in [-0.2, 0) is 6.61 Å². The number of nitriles is 1. The number of hydrogen-bond acceptors (Lipinski definition) is 5. The van der Waals surface area contributed by atoms with Crippen LogP contribution in [0.4, 0.5) is 0 Å². The van der Waals surface area contributed by atoms with Gasteiger partial charge in [0.1, 0.15) is 24.2 Å². The van der Waals surface area contributed by atoms with Crippen molar-refractivity contribution in [3.05, 3.63) is 86.2 Å². The first kappa shape index (κ1) is 19.0. The topological polar surface area (TPSA) is 101 Å². The number of aromatic nitrogens is 3. The molecular weight excluding hydrogens is 356 g/mol. The fraction of sp³-hybridized carbons (Fsp3) is 0.111. The smallest absolute Gasteiger partial charge is 0.349 e. The van der Waals surface area contributed by atoms with Crippen molar-refractivity contribution in [2.45, 2.75) is 13.5 Å². The highest BCUT2D eigenvalue weighted by molar-refractivity contribution is 6.30. The van der Waals surface area contributed by atoms with Crippen molar-refractivity contribution in [1.82, 2.24) is 14.8 Å². The molecule has 0 aliphatic carbocycles. The van der Waals surface area contributed by atoms with Gasteiger partial charge in [-0.3, -0.25) is 9.78 Å². The maximum Gasteiger partial charge on any atom is 0.349 e. The second-order valence-corrected chi connectivity index (χ2v) is 5.39. The molecule has 1 aromatic heterocycles. The average Bonchev–Trinajstić information content (AvgIpc) is 2.62. The number of hydrogen-bond donors (Lipinski definition) is 1. The lowest BCUT2D eigenvalue weighted by atomic mass is 10.2. The lowest BCUT2D eigenvalue weighted by Gasteiger charge is -2.11. The standard InChI is InChI=1S/C16H12ClN3O3.C2H3N/c17-12-7-5-11(6-8-12)10-23-14-4-2-1-3-13(14)20-16(22)19-15(21)9-18-20;1-2-3/h1-9H,10H2,(H,19,21,22);1H3. The van der Waals surface area contributed by atoms with E-state index in [9.17, 15) is 9.59 Å². The van der Waals surface area contributed by atoms with E-state index in [4.69, 9.17) is 21.6 Å². The molecule has 0 saturated heterocycles. The van der Waals surface area contributed by atoms with Crippen LogP contribution in [0.5, 0.6) is 5.75 Å². The van der Waals surface area contributed by atoms with E-state index in [1.54, 1.807) is 42.5 Å². The first-order valence-corrected chi connectivity index (χ1v) is 7.89. The Morgan fingerprint density at radius 2 is 1.85 bits per heavy atom. The molecule has 3 rings (SSSR count). The van der Waals surface area contributed by atoms with Gasteiger partial charge in [0.2, 0.25) is 0 Å². The predicted molar refractivity (Wildman–Crippen MR) is 97.5 cm³/mol. The third-order valence-electron chi connectivity index (χ3n) is 3.11. The number of benzene rings is 2. The van der Waals surface area contributed by atoms with Crippen molar-refractivity contribution >= 4 is 11.6 Å². The van der Waals surface area contributed by atoms with Gasteiger partial charge in [-0.25, -0.2) is 4.79 Å². The number of para-hydroxylation sites is 2. The molecule has 0 bridgehead atoms. The molecule has 7 nitrogen and oxygen atoms in total. The minimum atomic E-state index is -0.625. The molecule has 0 atom stereocenters. The molecule has 1 N–H and O–H groups in total. The SMILES string of the molecule is CC#N.O=c1cnn(-c2ccccc2OCc2ccc(Cl)cc2)c(=O)[nH]1. The maximum absolute atomic E-state index is 11.9. The summed E-state index contributed by atoms with van der Waals surface area (Å²) < 4.78 is 6.85. The Balaban J connectivity index is 0.000000758. The van der Waals surface area contributed by atoms with Gasteiger partial charge in [-0.1, -0.05) is 35.9 Å². The zero-order valence-electron chi connectivity index (χ0n) is 13.8. The maximum atomic E-state index is 11.9. The molecule has 0 aliphatic heterocycles. The summed E-state index contributed by atoms with van der Waals surface area (Å²) in [5.41, 5.74) is 0.208. The Morgan fingerprint density at radius 1 is 1.19 bits per heavy atom. The highest BCUT2D eigenvalue weighted by Crippen LogP contribution is 2.21. The second-order valence-electron chi connectivity index (χ2n) is 4.96. The molecule has 0 spiro atoms. The van der Waals surface area contributed by atoms with Crippen LogP contribution in [0.2, 0.25) is 5.02 Å². The van der Waals surface area contributed by atoms with Crippen molar-refractivity contribution in [3.8, 4) is 17.5 Å². The van der Waals surface area contributed by atoms with Gasteiger partial charge < -0.3 is 4.74 Å². The molecule has 8 heteroatoms. The van der Waals surface area contributed by atoms with E-state index in [0.717, 1.165) is 16.4 Å². The Morgan fingerprint density at radius 3 is 2.50 bits per heavy atom. The summed E-state index contributed by atoms with van der Waals surface area (Å²) in [7, 11) is 0. The molecular formula is C18H15ClN4O3. The lowest BCUT2D eigenvalue weighted by molar-refractivity contribution is 0.304. The van der Waals surface area contributed by atoms with E-state index < -0.39 is 11.2 Å². The first-order chi connectivity index (χ1) is 12.5. The predicted octanol–water partition coefficient (Wildman–Crippen LogP) is 2.68. The third-order valence-corrected chi connectivity index (χ3v) is 3.37. The van der Waals surface area contributed by atoms with Crippen molar-refractivity contribution in [3.63, 3.8) is 0 Å². The number of aromatic amines is 1. The van der Waals surface area contributed by atoms with Crippen molar-refractivity contribution < 1.29 is 4.74 Å². The summed E-state index contributed by atoms with van der Waals surface area (Å²) >= 11 is 5.85. The monoisotopic (exact) mass is 370 g/mol. The number of ether oxygens (including phenoxy) is 1. The number of H-pyrrole nitrogens is 1. The van der Waals surface area contributed by atoms with E-state index >= 15 is 0 Å². The lowest BCUT2D eigenvalue weighted by Crippen LogP contribution is -2.30. The fourth-order valence-corrected chi connectivity index (χ4v) is 2.15. The van der Waals surface area contributed by atoms with Gasteiger partial charge in [-0.15, -0.1) is 0 Å². The van der Waals surface area contributed by atoms with Gasteiger partial charge in [-0.2, -0.15) is 15.0 Å². The molecule has 2 aromatic carbocycles. The largest absolute Gasteiger partial charge is 0.487 e. The Hall–Kier alpha value is -3.37. The van der Waals surface area contributed by atoms with E-state index in [-0.39, 0.29) is 0 Å². The van der Waals surface area contributed by atoms with E-state index in [1.165, 1.54) is 6.92 Å². The van der Waals surface area contributed by atoms with Crippen LogP contribution in [0.15, 0.2) is 64.3 Å². The van der Waals surface area contributed by atoms with Crippen molar-refractivity contribution in [1.29, 1.82) is 5.26 Å². The zero-order chi connectivity index (χ0) is 18.9. The van der Waals surface area contributed by atoms with Crippen molar-refractivity contribution in [2.24, 2.45) is 0 Å². The summed E-state index contributed by atoms with van der Waals surface area (Å²) in [4.78, 5) is 25.2. The minimum absolute atomic E-state index is 0.312. The molecule has 132 valence electrons. The first-order valence-electron chi connectivity index (χ1n) is 7.51. The molecule has 0 fully saturated rings. The van der Waals surface area contributed by atoms with Gasteiger partial charge in [0, 0.05) is 11.9 Å². The van der Waals surface area contributed by atoms with E-state index in [0.29, 0.717) is 23.1 Å². The summed E-state index contributed by atoms with van der Waals surface area (Å²) in [5, 5.41) is 11.8. The average molecular weight is 371 g/mol. The van der Waals surface area contributed by atoms with Crippen LogP contribution in [0.25, 0.3) is 5.69 Å². The van der Waals surface area contributed by atoms with Gasteiger partial charge in [0.15, 0.2) is 0 Å². The summed E-state index contributed by atoms with van der Waals surface area (Å²) in [6.45, 7) is 1.74. The van der Waals surface area contributed by atoms with E-state index in [1.807, 2.05) is 12.1 Å². The highest BCUT2D eigenvalue weighted by atomic mass is 35.5. The highest BCUT2D eigenvalue weighted by Gasteiger charge is 2.09. The van der Waals surface area contributed by atoms with Crippen LogP contribution < -0.4 is 16.0 Å². The third kappa shape index (κ3) is 5.06. The number of halogens is 1. The number of nitrogens with zero attached hydrogens (tertiary/aromatic N) is 3. The Kier molecular flexibility index (Phi) is 6.71. The quantitative estimate of drug-likeness (QED) is 0.760. The van der Waals surface area contributed by atoms with Crippen LogP contribution in [0, 0.1) is 11.3 Å². The fourth-order valence-electron chi connectivity index (χ4n) is 2.02. The van der Waals surface area contributed by atoms with Gasteiger partial charge in [0.25, 0.3) is 5.56 Å². The molecule has 0 radical (unpaired) electrons. The molecule has 0 aliphatic rings. The van der Waals surface area contributed by atoms with Crippen LogP contribution in [0.3, 0.4) is 0 Å². The molecule has 0 saturated carbocycles. The summed E-state index contributed by atoms with van der Waals surface area (Å²) in [6, 6.07) is 16.0. The molecule has 3 aromatic rings. The zero-order valence-corrected chi connectivity index (χ0v) is 14.6.